The van der Waals surface area contributed by atoms with E-state index >= 15 is 0 Å². The van der Waals surface area contributed by atoms with Gasteiger partial charge in [0, 0.05) is 23.3 Å². The number of methoxy groups -OCH3 is 2. The van der Waals surface area contributed by atoms with Crippen LogP contribution in [0.4, 0.5) is 0 Å². The van der Waals surface area contributed by atoms with Crippen molar-refractivity contribution in [2.24, 2.45) is 0 Å². The monoisotopic (exact) mass is 332 g/mol. The van der Waals surface area contributed by atoms with Crippen molar-refractivity contribution in [2.45, 2.75) is 18.6 Å². The first-order chi connectivity index (χ1) is 11.3. The number of ether oxygens (including phenoxy) is 3. The molecule has 0 saturated carbocycles. The van der Waals surface area contributed by atoms with E-state index in [-0.39, 0.29) is 22.6 Å². The Morgan fingerprint density at radius 1 is 1.17 bits per heavy atom. The van der Waals surface area contributed by atoms with Gasteiger partial charge in [-0.3, -0.25) is 4.79 Å². The van der Waals surface area contributed by atoms with Crippen LogP contribution in [0.1, 0.15) is 28.8 Å². The van der Waals surface area contributed by atoms with Crippen LogP contribution in [0.2, 0.25) is 0 Å². The first-order valence-electron chi connectivity index (χ1n) is 7.18. The van der Waals surface area contributed by atoms with Gasteiger partial charge in [-0.15, -0.1) is 0 Å². The molecule has 0 fully saturated rings. The Morgan fingerprint density at radius 3 is 2.38 bits per heavy atom. The summed E-state index contributed by atoms with van der Waals surface area (Å²) in [6.07, 6.45) is 0. The number of phenolic OH excluding ortho intramolecular Hbond substituents is 1. The fourth-order valence-electron chi connectivity index (χ4n) is 3.09. The van der Waals surface area contributed by atoms with Gasteiger partial charge < -0.3 is 24.4 Å². The molecule has 0 aromatic heterocycles. The summed E-state index contributed by atoms with van der Waals surface area (Å²) in [7, 11) is 2.32. The van der Waals surface area contributed by atoms with Crippen LogP contribution < -0.4 is 4.74 Å². The van der Waals surface area contributed by atoms with Gasteiger partial charge in [0.25, 0.3) is 0 Å². The van der Waals surface area contributed by atoms with Crippen LogP contribution in [-0.4, -0.2) is 42.2 Å². The predicted octanol–water partition coefficient (Wildman–Crippen LogP) is 1.69. The van der Waals surface area contributed by atoms with Gasteiger partial charge in [0.2, 0.25) is 5.79 Å². The minimum absolute atomic E-state index is 0.0508. The lowest BCUT2D eigenvalue weighted by Gasteiger charge is -2.22. The minimum Gasteiger partial charge on any atom is -0.506 e. The molecule has 1 heterocycles. The number of benzene rings is 2. The molecule has 1 aliphatic rings. The van der Waals surface area contributed by atoms with Gasteiger partial charge in [0.15, 0.2) is 5.92 Å². The second-order valence-electron chi connectivity index (χ2n) is 5.62. The van der Waals surface area contributed by atoms with E-state index in [1.54, 1.807) is 24.3 Å². The molecule has 2 aromatic rings. The lowest BCUT2D eigenvalue weighted by molar-refractivity contribution is -0.165. The van der Waals surface area contributed by atoms with Gasteiger partial charge in [-0.1, -0.05) is 24.3 Å². The lowest BCUT2D eigenvalue weighted by atomic mass is 9.87. The number of rotatable bonds is 2. The van der Waals surface area contributed by atoms with E-state index in [2.05, 4.69) is 0 Å². The molecular weight excluding hydrogens is 316 g/mol. The van der Waals surface area contributed by atoms with Crippen LogP contribution >= 0.6 is 0 Å². The summed E-state index contributed by atoms with van der Waals surface area (Å²) in [4.78, 5) is 24.4. The van der Waals surface area contributed by atoms with Gasteiger partial charge in [-0.25, -0.2) is 4.79 Å². The van der Waals surface area contributed by atoms with Crippen molar-refractivity contribution in [3.8, 4) is 11.5 Å². The van der Waals surface area contributed by atoms with Gasteiger partial charge >= 0.3 is 11.9 Å². The molecule has 2 atom stereocenters. The van der Waals surface area contributed by atoms with Crippen LogP contribution in [0.15, 0.2) is 24.3 Å². The third-order valence-corrected chi connectivity index (χ3v) is 4.14. The summed E-state index contributed by atoms with van der Waals surface area (Å²) in [5.74, 6) is -5.07. The Balaban J connectivity index is 2.46. The third kappa shape index (κ3) is 2.09. The molecule has 24 heavy (non-hydrogen) atoms. The molecular formula is C17H16O7. The molecule has 7 nitrogen and oxygen atoms in total. The first-order valence-corrected chi connectivity index (χ1v) is 7.18. The van der Waals surface area contributed by atoms with Gasteiger partial charge in [-0.05, 0) is 0 Å². The summed E-state index contributed by atoms with van der Waals surface area (Å²) in [6, 6.07) is 6.65. The Kier molecular flexibility index (Phi) is 3.60. The van der Waals surface area contributed by atoms with Crippen molar-refractivity contribution in [1.29, 1.82) is 0 Å². The Hall–Kier alpha value is -2.80. The highest BCUT2D eigenvalue weighted by Gasteiger charge is 2.52. The largest absolute Gasteiger partial charge is 0.506 e. The average molecular weight is 332 g/mol. The Labute approximate surface area is 137 Å². The molecule has 2 aromatic carbocycles. The molecule has 0 unspecified atom stereocenters. The van der Waals surface area contributed by atoms with Crippen molar-refractivity contribution in [2.75, 3.05) is 14.2 Å². The van der Waals surface area contributed by atoms with E-state index in [9.17, 15) is 19.8 Å². The van der Waals surface area contributed by atoms with Crippen LogP contribution in [0.5, 0.6) is 11.5 Å². The standard InChI is InChI=1S/C17H16O7/c1-17(21)12(16(20)23-3)10-11(15(19)22-2)13(18)8-6-4-5-7-9(8)14(10)24-17/h4-7,12,18,21H,1-3H3/t12-,17+/m1/s1. The molecule has 0 spiro atoms. The number of carbonyl (C=O) groups excluding carboxylic acids is 2. The van der Waals surface area contributed by atoms with E-state index in [1.807, 2.05) is 0 Å². The second-order valence-corrected chi connectivity index (χ2v) is 5.62. The summed E-state index contributed by atoms with van der Waals surface area (Å²) in [6.45, 7) is 1.29. The van der Waals surface area contributed by atoms with Crippen LogP contribution in [0.25, 0.3) is 10.8 Å². The van der Waals surface area contributed by atoms with E-state index in [1.165, 1.54) is 6.92 Å². The Morgan fingerprint density at radius 2 is 1.79 bits per heavy atom. The fourth-order valence-corrected chi connectivity index (χ4v) is 3.09. The highest BCUT2D eigenvalue weighted by molar-refractivity contribution is 6.08. The predicted molar refractivity (Wildman–Crippen MR) is 83.0 cm³/mol. The highest BCUT2D eigenvalue weighted by atomic mass is 16.6. The zero-order valence-electron chi connectivity index (χ0n) is 13.3. The summed E-state index contributed by atoms with van der Waals surface area (Å²) >= 11 is 0. The number of aliphatic hydroxyl groups is 1. The first kappa shape index (κ1) is 16.1. The van der Waals surface area contributed by atoms with Crippen molar-refractivity contribution in [3.63, 3.8) is 0 Å². The van der Waals surface area contributed by atoms with Crippen molar-refractivity contribution in [3.05, 3.63) is 35.4 Å². The Bertz CT molecular complexity index is 854. The normalized spacial score (nSPS) is 21.9. The van der Waals surface area contributed by atoms with Gasteiger partial charge in [0.1, 0.15) is 17.1 Å². The number of phenols is 1. The second kappa shape index (κ2) is 5.38. The molecule has 0 radical (unpaired) electrons. The van der Waals surface area contributed by atoms with Crippen LogP contribution in [-0.2, 0) is 14.3 Å². The van der Waals surface area contributed by atoms with E-state index in [4.69, 9.17) is 14.2 Å². The molecule has 0 amide bonds. The van der Waals surface area contributed by atoms with Crippen LogP contribution in [0.3, 0.4) is 0 Å². The molecule has 2 N–H and O–H groups in total. The average Bonchev–Trinajstić information content (AvgIpc) is 2.85. The molecule has 7 heteroatoms. The number of esters is 2. The SMILES string of the molecule is COC(=O)c1c2c(c3ccccc3c1O)O[C@](C)(O)[C@H]2C(=O)OC. The third-order valence-electron chi connectivity index (χ3n) is 4.14. The van der Waals surface area contributed by atoms with E-state index in [0.717, 1.165) is 14.2 Å². The van der Waals surface area contributed by atoms with Crippen molar-refractivity contribution in [1.82, 2.24) is 0 Å². The summed E-state index contributed by atoms with van der Waals surface area (Å²) in [5, 5.41) is 21.9. The van der Waals surface area contributed by atoms with Gasteiger partial charge in [-0.2, -0.15) is 0 Å². The maximum absolute atomic E-state index is 12.2. The minimum atomic E-state index is -1.94. The molecule has 3 rings (SSSR count). The highest BCUT2D eigenvalue weighted by Crippen LogP contribution is 2.52. The van der Waals surface area contributed by atoms with Crippen LogP contribution in [0, 0.1) is 0 Å². The zero-order chi connectivity index (χ0) is 17.6. The molecule has 1 aliphatic heterocycles. The summed E-state index contributed by atoms with van der Waals surface area (Å²) in [5.41, 5.74) is -0.172. The van der Waals surface area contributed by atoms with Gasteiger partial charge in [0.05, 0.1) is 14.2 Å². The quantitative estimate of drug-likeness (QED) is 0.807. The number of carbonyl (C=O) groups is 2. The smallest absolute Gasteiger partial charge is 0.342 e. The summed E-state index contributed by atoms with van der Waals surface area (Å²) < 4.78 is 15.0. The topological polar surface area (TPSA) is 102 Å². The van der Waals surface area contributed by atoms with E-state index in [0.29, 0.717) is 10.8 Å². The molecule has 0 aliphatic carbocycles. The van der Waals surface area contributed by atoms with Crippen molar-refractivity contribution >= 4 is 22.7 Å². The maximum Gasteiger partial charge on any atom is 0.342 e. The van der Waals surface area contributed by atoms with E-state index < -0.39 is 23.6 Å². The fraction of sp³-hybridized carbons (Fsp3) is 0.294. The number of aromatic hydroxyl groups is 1. The number of hydrogen-bond donors (Lipinski definition) is 2. The zero-order valence-corrected chi connectivity index (χ0v) is 13.3. The maximum atomic E-state index is 12.2. The molecule has 0 saturated heterocycles. The number of hydrogen-bond acceptors (Lipinski definition) is 7. The number of fused-ring (bicyclic) bond motifs is 3. The molecule has 126 valence electrons. The van der Waals surface area contributed by atoms with Crippen molar-refractivity contribution < 1.29 is 34.0 Å². The lowest BCUT2D eigenvalue weighted by Crippen LogP contribution is -2.39. The molecule has 0 bridgehead atoms.